The third kappa shape index (κ3) is 3.01. The summed E-state index contributed by atoms with van der Waals surface area (Å²) in [6, 6.07) is 7.00. The van der Waals surface area contributed by atoms with E-state index in [1.165, 1.54) is 17.5 Å². The normalized spacial score (nSPS) is 17.4. The van der Waals surface area contributed by atoms with E-state index in [0.29, 0.717) is 6.04 Å². The summed E-state index contributed by atoms with van der Waals surface area (Å²) >= 11 is 0. The first-order valence-corrected chi connectivity index (χ1v) is 6.69. The number of ether oxygens (including phenoxy) is 1. The Morgan fingerprint density at radius 3 is 2.94 bits per heavy atom. The van der Waals surface area contributed by atoms with Crippen molar-refractivity contribution < 1.29 is 4.74 Å². The van der Waals surface area contributed by atoms with Crippen molar-refractivity contribution in [2.24, 2.45) is 5.92 Å². The highest BCUT2D eigenvalue weighted by atomic mass is 16.5. The van der Waals surface area contributed by atoms with Gasteiger partial charge >= 0.3 is 0 Å². The predicted octanol–water partition coefficient (Wildman–Crippen LogP) is 3.32. The molecule has 0 bridgehead atoms. The quantitative estimate of drug-likeness (QED) is 0.842. The van der Waals surface area contributed by atoms with Gasteiger partial charge in [-0.2, -0.15) is 0 Å². The molecule has 1 aliphatic rings. The first-order valence-electron chi connectivity index (χ1n) is 6.69. The van der Waals surface area contributed by atoms with Crippen LogP contribution in [0.4, 0.5) is 0 Å². The second kappa shape index (κ2) is 5.54. The van der Waals surface area contributed by atoms with Crippen molar-refractivity contribution in [1.82, 2.24) is 5.32 Å². The van der Waals surface area contributed by atoms with E-state index in [0.717, 1.165) is 31.2 Å². The molecule has 2 atom stereocenters. The zero-order valence-electron chi connectivity index (χ0n) is 11.1. The van der Waals surface area contributed by atoms with Gasteiger partial charge in [0.25, 0.3) is 0 Å². The Morgan fingerprint density at radius 1 is 1.35 bits per heavy atom. The number of hydrogen-bond donors (Lipinski definition) is 1. The zero-order valence-corrected chi connectivity index (χ0v) is 11.1. The minimum Gasteiger partial charge on any atom is -0.493 e. The SMILES string of the molecule is CCC(C)CNC(C)c1ccc2c(c1)CCO2. The number of rotatable bonds is 5. The minimum absolute atomic E-state index is 0.426. The summed E-state index contributed by atoms with van der Waals surface area (Å²) in [5.41, 5.74) is 2.73. The standard InChI is InChI=1S/C15H23NO/c1-4-11(2)10-16-12(3)13-5-6-15-14(9-13)7-8-17-15/h5-6,9,11-12,16H,4,7-8,10H2,1-3H3. The van der Waals surface area contributed by atoms with Crippen molar-refractivity contribution in [2.45, 2.75) is 39.7 Å². The molecule has 0 spiro atoms. The first kappa shape index (κ1) is 12.4. The van der Waals surface area contributed by atoms with Crippen LogP contribution >= 0.6 is 0 Å². The van der Waals surface area contributed by atoms with E-state index in [1.807, 2.05) is 0 Å². The Balaban J connectivity index is 1.97. The molecule has 1 aromatic carbocycles. The van der Waals surface area contributed by atoms with Gasteiger partial charge in [0.15, 0.2) is 0 Å². The number of benzene rings is 1. The maximum absolute atomic E-state index is 5.53. The van der Waals surface area contributed by atoms with Crippen LogP contribution in [-0.4, -0.2) is 13.2 Å². The molecular formula is C15H23NO. The fourth-order valence-electron chi connectivity index (χ4n) is 2.12. The Morgan fingerprint density at radius 2 is 2.18 bits per heavy atom. The predicted molar refractivity (Wildman–Crippen MR) is 71.5 cm³/mol. The van der Waals surface area contributed by atoms with Crippen molar-refractivity contribution in [3.8, 4) is 5.75 Å². The Bertz CT molecular complexity index is 375. The van der Waals surface area contributed by atoms with Gasteiger partial charge in [-0.05, 0) is 36.6 Å². The van der Waals surface area contributed by atoms with Gasteiger partial charge in [-0.3, -0.25) is 0 Å². The van der Waals surface area contributed by atoms with Gasteiger partial charge in [0, 0.05) is 12.5 Å². The van der Waals surface area contributed by atoms with Crippen LogP contribution in [0.3, 0.4) is 0 Å². The molecule has 1 aromatic rings. The van der Waals surface area contributed by atoms with Crippen LogP contribution in [0.15, 0.2) is 18.2 Å². The van der Waals surface area contributed by atoms with E-state index in [4.69, 9.17) is 4.74 Å². The van der Waals surface area contributed by atoms with Crippen LogP contribution < -0.4 is 10.1 Å². The molecule has 94 valence electrons. The van der Waals surface area contributed by atoms with Crippen molar-refractivity contribution in [1.29, 1.82) is 0 Å². The second-order valence-electron chi connectivity index (χ2n) is 5.11. The van der Waals surface area contributed by atoms with Gasteiger partial charge in [0.05, 0.1) is 6.61 Å². The van der Waals surface area contributed by atoms with Gasteiger partial charge < -0.3 is 10.1 Å². The summed E-state index contributed by atoms with van der Waals surface area (Å²) in [5.74, 6) is 1.82. The lowest BCUT2D eigenvalue weighted by molar-refractivity contribution is 0.356. The highest BCUT2D eigenvalue weighted by molar-refractivity contribution is 5.40. The largest absolute Gasteiger partial charge is 0.493 e. The van der Waals surface area contributed by atoms with Gasteiger partial charge in [0.1, 0.15) is 5.75 Å². The monoisotopic (exact) mass is 233 g/mol. The zero-order chi connectivity index (χ0) is 12.3. The van der Waals surface area contributed by atoms with E-state index in [1.54, 1.807) is 0 Å². The third-order valence-corrected chi connectivity index (χ3v) is 3.68. The van der Waals surface area contributed by atoms with Crippen LogP contribution in [0, 0.1) is 5.92 Å². The lowest BCUT2D eigenvalue weighted by atomic mass is 10.0. The molecule has 1 heterocycles. The van der Waals surface area contributed by atoms with Crippen LogP contribution in [0.5, 0.6) is 5.75 Å². The molecule has 0 fully saturated rings. The van der Waals surface area contributed by atoms with Crippen molar-refractivity contribution >= 4 is 0 Å². The number of hydrogen-bond acceptors (Lipinski definition) is 2. The van der Waals surface area contributed by atoms with E-state index < -0.39 is 0 Å². The maximum Gasteiger partial charge on any atom is 0.122 e. The molecule has 2 rings (SSSR count). The van der Waals surface area contributed by atoms with Crippen LogP contribution in [0.25, 0.3) is 0 Å². The van der Waals surface area contributed by atoms with E-state index in [-0.39, 0.29) is 0 Å². The third-order valence-electron chi connectivity index (χ3n) is 3.68. The van der Waals surface area contributed by atoms with E-state index in [2.05, 4.69) is 44.3 Å². The average molecular weight is 233 g/mol. The molecular weight excluding hydrogens is 210 g/mol. The summed E-state index contributed by atoms with van der Waals surface area (Å²) in [6.07, 6.45) is 2.29. The Labute approximate surface area is 104 Å². The molecule has 0 saturated carbocycles. The fraction of sp³-hybridized carbons (Fsp3) is 0.600. The van der Waals surface area contributed by atoms with Gasteiger partial charge in [-0.1, -0.05) is 32.4 Å². The molecule has 1 aliphatic heterocycles. The molecule has 17 heavy (non-hydrogen) atoms. The molecule has 0 radical (unpaired) electrons. The Kier molecular flexibility index (Phi) is 4.06. The number of nitrogens with one attached hydrogen (secondary N) is 1. The maximum atomic E-state index is 5.53. The van der Waals surface area contributed by atoms with Crippen molar-refractivity contribution in [3.05, 3.63) is 29.3 Å². The molecule has 0 amide bonds. The first-order chi connectivity index (χ1) is 8.20. The lowest BCUT2D eigenvalue weighted by Crippen LogP contribution is -2.24. The van der Waals surface area contributed by atoms with Crippen LogP contribution in [-0.2, 0) is 6.42 Å². The minimum atomic E-state index is 0.426. The molecule has 1 N–H and O–H groups in total. The summed E-state index contributed by atoms with van der Waals surface area (Å²) < 4.78 is 5.53. The van der Waals surface area contributed by atoms with Crippen molar-refractivity contribution in [3.63, 3.8) is 0 Å². The average Bonchev–Trinajstić information content (AvgIpc) is 2.82. The highest BCUT2D eigenvalue weighted by Crippen LogP contribution is 2.28. The van der Waals surface area contributed by atoms with Gasteiger partial charge in [-0.25, -0.2) is 0 Å². The second-order valence-corrected chi connectivity index (χ2v) is 5.11. The lowest BCUT2D eigenvalue weighted by Gasteiger charge is -2.17. The van der Waals surface area contributed by atoms with Crippen molar-refractivity contribution in [2.75, 3.05) is 13.2 Å². The van der Waals surface area contributed by atoms with E-state index in [9.17, 15) is 0 Å². The fourth-order valence-corrected chi connectivity index (χ4v) is 2.12. The molecule has 0 aliphatic carbocycles. The molecule has 2 unspecified atom stereocenters. The summed E-state index contributed by atoms with van der Waals surface area (Å²) in [6.45, 7) is 8.69. The smallest absolute Gasteiger partial charge is 0.122 e. The summed E-state index contributed by atoms with van der Waals surface area (Å²) in [7, 11) is 0. The molecule has 0 saturated heterocycles. The van der Waals surface area contributed by atoms with E-state index >= 15 is 0 Å². The Hall–Kier alpha value is -1.02. The summed E-state index contributed by atoms with van der Waals surface area (Å²) in [5, 5.41) is 3.60. The van der Waals surface area contributed by atoms with Crippen LogP contribution in [0.2, 0.25) is 0 Å². The molecule has 2 heteroatoms. The summed E-state index contributed by atoms with van der Waals surface area (Å²) in [4.78, 5) is 0. The van der Waals surface area contributed by atoms with Gasteiger partial charge in [-0.15, -0.1) is 0 Å². The van der Waals surface area contributed by atoms with Gasteiger partial charge in [0.2, 0.25) is 0 Å². The molecule has 2 nitrogen and oxygen atoms in total. The topological polar surface area (TPSA) is 21.3 Å². The molecule has 0 aromatic heterocycles. The highest BCUT2D eigenvalue weighted by Gasteiger charge is 2.14. The van der Waals surface area contributed by atoms with Crippen LogP contribution in [0.1, 0.15) is 44.4 Å². The number of fused-ring (bicyclic) bond motifs is 1.